The van der Waals surface area contributed by atoms with Crippen LogP contribution in [-0.2, 0) is 61.0 Å². The van der Waals surface area contributed by atoms with Gasteiger partial charge >= 0.3 is 18.4 Å². The van der Waals surface area contributed by atoms with Crippen molar-refractivity contribution in [2.24, 2.45) is 11.7 Å². The lowest BCUT2D eigenvalue weighted by molar-refractivity contribution is -0.143. The van der Waals surface area contributed by atoms with E-state index in [-0.39, 0.29) is 55.3 Å². The largest absolute Gasteiger partial charge is 0.445 e. The predicted octanol–water partition coefficient (Wildman–Crippen LogP) is 7.68. The van der Waals surface area contributed by atoms with Gasteiger partial charge in [0.15, 0.2) is 21.3 Å². The second-order valence-corrected chi connectivity index (χ2v) is 23.1. The molecule has 0 spiro atoms. The Balaban J connectivity index is 1.35. The van der Waals surface area contributed by atoms with Crippen LogP contribution in [-0.4, -0.2) is 89.0 Å². The fourth-order valence-corrected chi connectivity index (χ4v) is 9.90. The number of nitrogens with one attached hydrogen (secondary N) is 1. The quantitative estimate of drug-likeness (QED) is 0.0917. The molecule has 0 bridgehead atoms. The van der Waals surface area contributed by atoms with Crippen molar-refractivity contribution in [3.8, 4) is 23.0 Å². The summed E-state index contributed by atoms with van der Waals surface area (Å²) in [5.74, 6) is -6.00. The summed E-state index contributed by atoms with van der Waals surface area (Å²) in [6.07, 6.45) is -12.1. The first-order valence-corrected chi connectivity index (χ1v) is 25.5. The molecule has 3 atom stereocenters. The first-order chi connectivity index (χ1) is 33.1. The summed E-state index contributed by atoms with van der Waals surface area (Å²) in [6, 6.07) is 4.41. The van der Waals surface area contributed by atoms with E-state index in [1.165, 1.54) is 13.8 Å². The lowest BCUT2D eigenvalue weighted by atomic mass is 9.90. The minimum atomic E-state index is -5.22. The van der Waals surface area contributed by atoms with Crippen LogP contribution < -0.4 is 15.4 Å². The van der Waals surface area contributed by atoms with Crippen molar-refractivity contribution >= 4 is 60.2 Å². The highest BCUT2D eigenvalue weighted by atomic mass is 35.5. The maximum atomic E-state index is 15.6. The van der Waals surface area contributed by atoms with Gasteiger partial charge in [-0.05, 0) is 87.3 Å². The summed E-state index contributed by atoms with van der Waals surface area (Å²) in [5.41, 5.74) is -0.0709. The molecular weight excluding hydrogens is 1040 g/mol. The number of amides is 2. The third-order valence-corrected chi connectivity index (χ3v) is 15.7. The number of halogens is 11. The van der Waals surface area contributed by atoms with Gasteiger partial charge in [-0.25, -0.2) is 35.4 Å². The van der Waals surface area contributed by atoms with Gasteiger partial charge in [0.25, 0.3) is 5.92 Å². The molecule has 2 fully saturated rings. The number of rotatable bonds is 12. The highest BCUT2D eigenvalue weighted by Crippen LogP contribution is 2.68. The van der Waals surface area contributed by atoms with Crippen molar-refractivity contribution in [1.82, 2.24) is 29.9 Å². The highest BCUT2D eigenvalue weighted by molar-refractivity contribution is 7.93. The zero-order valence-electron chi connectivity index (χ0n) is 37.8. The van der Waals surface area contributed by atoms with E-state index in [0.717, 1.165) is 42.7 Å². The van der Waals surface area contributed by atoms with Gasteiger partial charge in [-0.3, -0.25) is 14.2 Å². The van der Waals surface area contributed by atoms with Crippen LogP contribution in [0.2, 0.25) is 5.02 Å². The minimum Gasteiger partial charge on any atom is -0.445 e. The molecule has 386 valence electrons. The van der Waals surface area contributed by atoms with Crippen molar-refractivity contribution < 1.29 is 75.1 Å². The number of carbonyl (C=O) groups is 2. The van der Waals surface area contributed by atoms with Crippen molar-refractivity contribution in [3.63, 3.8) is 0 Å². The molecule has 0 saturated heterocycles. The molecule has 3 aliphatic carbocycles. The number of anilines is 1. The maximum Gasteiger partial charge on any atom is 0.435 e. The second kappa shape index (κ2) is 17.9. The van der Waals surface area contributed by atoms with E-state index in [2.05, 4.69) is 32.3 Å². The fourth-order valence-electron chi connectivity index (χ4n) is 8.67. The number of hydrogen-bond donors (Lipinski definition) is 2. The molecule has 8 rings (SSSR count). The monoisotopic (exact) mass is 1080 g/mol. The molecule has 15 nitrogen and oxygen atoms in total. The summed E-state index contributed by atoms with van der Waals surface area (Å²) in [5, 5.41) is 8.68. The predicted molar refractivity (Wildman–Crippen MR) is 238 cm³/mol. The molecule has 28 heteroatoms. The van der Waals surface area contributed by atoms with Crippen LogP contribution in [0.4, 0.5) is 54.5 Å². The fraction of sp³-hybridized carbons (Fsp3) is 0.432. The van der Waals surface area contributed by atoms with Gasteiger partial charge in [0.05, 0.1) is 33.9 Å². The second-order valence-electron chi connectivity index (χ2n) is 18.3. The summed E-state index contributed by atoms with van der Waals surface area (Å²) in [6.45, 7) is -0.793. The number of carbonyl (C=O) groups excluding carboxylic acids is 2. The molecule has 0 radical (unpaired) electrons. The summed E-state index contributed by atoms with van der Waals surface area (Å²) >= 11 is 6.63. The van der Waals surface area contributed by atoms with E-state index in [4.69, 9.17) is 22.1 Å². The highest BCUT2D eigenvalue weighted by Gasteiger charge is 2.68. The van der Waals surface area contributed by atoms with Crippen molar-refractivity contribution in [2.75, 3.05) is 16.8 Å². The van der Waals surface area contributed by atoms with Gasteiger partial charge in [0.1, 0.15) is 47.0 Å². The molecule has 2 aromatic carbocycles. The number of fused-ring (bicyclic) bond motifs is 4. The average Bonchev–Trinajstić information content (AvgIpc) is 3.73. The van der Waals surface area contributed by atoms with Gasteiger partial charge in [0, 0.05) is 41.0 Å². The number of hydrogen-bond acceptors (Lipinski definition) is 11. The Bertz CT molecular complexity index is 3340. The molecule has 3 heterocycles. The van der Waals surface area contributed by atoms with E-state index in [1.807, 2.05) is 0 Å². The number of ether oxygens (including phenoxy) is 1. The molecule has 2 saturated carbocycles. The Morgan fingerprint density at radius 2 is 1.60 bits per heavy atom. The smallest absolute Gasteiger partial charge is 0.435 e. The first kappa shape index (κ1) is 52.3. The minimum absolute atomic E-state index is 0.00611. The Morgan fingerprint density at radius 1 is 0.958 bits per heavy atom. The number of nitrogens with zero attached hydrogens (tertiary/aromatic N) is 6. The molecule has 2 amide bonds. The van der Waals surface area contributed by atoms with Gasteiger partial charge in [-0.2, -0.15) is 49.6 Å². The Hall–Kier alpha value is -5.98. The van der Waals surface area contributed by atoms with Crippen molar-refractivity contribution in [2.45, 2.75) is 99.7 Å². The maximum absolute atomic E-state index is 15.6. The van der Waals surface area contributed by atoms with Gasteiger partial charge in [0.2, 0.25) is 15.9 Å². The van der Waals surface area contributed by atoms with Crippen LogP contribution in [0.25, 0.3) is 22.0 Å². The Kier molecular flexibility index (Phi) is 13.0. The lowest BCUT2D eigenvalue weighted by Gasteiger charge is -2.32. The normalized spacial score (nSPS) is 19.9. The number of nitrogens with two attached hydrogens (primary N) is 1. The standard InChI is InChI=1S/C44H39ClF10N8O7S2/c1-41(2,71(3,66)67)10-9-24-5-6-26(27-7-8-30(45)34-36(27)62(19-42(48,49)50)60-39(34)63(72(4,68)69)40(65)70-25-15-23(56)16-25)35(57-24)31(13-20-11-21(46)14-22(47)12-20)58-32(64)18-61-38-33(37(59-61)44(53,54)55)28-17-29(28)43(38,51)52/h5-8,11-12,14,23,25,28-29,31H,13,15-19,56H2,1-4H3,(H,58,64)/t23-,25-,28-,29?,31-/m0/s1. The topological polar surface area (TPSA) is 201 Å². The van der Waals surface area contributed by atoms with Crippen molar-refractivity contribution in [1.29, 1.82) is 0 Å². The molecule has 3 aliphatic rings. The number of sulfonamides is 1. The van der Waals surface area contributed by atoms with E-state index in [0.29, 0.717) is 12.3 Å². The van der Waals surface area contributed by atoms with E-state index < -0.39 is 160 Å². The Labute approximate surface area is 408 Å². The Morgan fingerprint density at radius 3 is 2.18 bits per heavy atom. The summed E-state index contributed by atoms with van der Waals surface area (Å²) < 4.78 is 203. The van der Waals surface area contributed by atoms with E-state index >= 15 is 8.78 Å². The molecule has 72 heavy (non-hydrogen) atoms. The molecule has 1 unspecified atom stereocenters. The number of pyridine rings is 1. The first-order valence-electron chi connectivity index (χ1n) is 21.4. The van der Waals surface area contributed by atoms with Crippen LogP contribution in [0.5, 0.6) is 0 Å². The summed E-state index contributed by atoms with van der Waals surface area (Å²) in [4.78, 5) is 32.3. The van der Waals surface area contributed by atoms with Crippen LogP contribution in [0.15, 0.2) is 42.5 Å². The van der Waals surface area contributed by atoms with Gasteiger partial charge in [-0.1, -0.05) is 23.6 Å². The molecular formula is C44H39ClF10N8O7S2. The third-order valence-electron chi connectivity index (χ3n) is 12.4. The van der Waals surface area contributed by atoms with Crippen LogP contribution >= 0.6 is 11.6 Å². The summed E-state index contributed by atoms with van der Waals surface area (Å²) in [7, 11) is -8.72. The van der Waals surface area contributed by atoms with Gasteiger partial charge < -0.3 is 15.8 Å². The number of sulfone groups is 1. The zero-order valence-corrected chi connectivity index (χ0v) is 40.2. The number of aromatic nitrogens is 5. The lowest BCUT2D eigenvalue weighted by Crippen LogP contribution is -2.46. The molecule has 3 N–H and O–H groups in total. The molecule has 5 aromatic rings. The van der Waals surface area contributed by atoms with Gasteiger partial charge in [-0.15, -0.1) is 0 Å². The number of benzene rings is 2. The van der Waals surface area contributed by atoms with E-state index in [9.17, 15) is 61.5 Å². The third kappa shape index (κ3) is 10.2. The molecule has 3 aromatic heterocycles. The number of alkyl halides is 8. The van der Waals surface area contributed by atoms with Crippen LogP contribution in [0, 0.1) is 29.4 Å². The van der Waals surface area contributed by atoms with Crippen molar-refractivity contribution in [3.05, 3.63) is 93.0 Å². The van der Waals surface area contributed by atoms with Crippen LogP contribution in [0.3, 0.4) is 0 Å². The van der Waals surface area contributed by atoms with E-state index in [1.54, 1.807) is 0 Å². The molecule has 0 aliphatic heterocycles. The SMILES string of the molecule is CC(C)(C#Cc1ccc(-c2ccc(Cl)c3c(N(C(=O)O[C@H]4C[C@H](N)C4)S(C)(=O)=O)nn(CC(F)(F)F)c23)c([C@H](Cc2cc(F)cc(F)c2)NC(=O)Cn2nc(C(F)(F)F)c3c2C(F)(F)C2C[C@H]32)n1)S(C)(=O)=O. The average molecular weight is 1080 g/mol. The zero-order chi connectivity index (χ0) is 53.0. The van der Waals surface area contributed by atoms with Crippen LogP contribution in [0.1, 0.15) is 79.0 Å².